The molecule has 0 saturated carbocycles. The maximum atomic E-state index is 13.9. The normalized spacial score (nSPS) is 10.7. The molecule has 0 aliphatic rings. The molecule has 0 saturated heterocycles. The number of rotatable bonds is 13. The van der Waals surface area contributed by atoms with E-state index in [2.05, 4.69) is 0 Å². The first kappa shape index (κ1) is 29.1. The van der Waals surface area contributed by atoms with Gasteiger partial charge in [-0.2, -0.15) is 0 Å². The van der Waals surface area contributed by atoms with Crippen LogP contribution in [0.3, 0.4) is 0 Å². The number of benzene rings is 3. The van der Waals surface area contributed by atoms with Gasteiger partial charge in [-0.1, -0.05) is 12.1 Å². The minimum atomic E-state index is -0.996. The molecule has 3 rings (SSSR count). The number of hydrogen-bond donors (Lipinski definition) is 2. The predicted molar refractivity (Wildman–Crippen MR) is 139 cm³/mol. The van der Waals surface area contributed by atoms with E-state index in [1.807, 2.05) is 0 Å². The average molecular weight is 542 g/mol. The van der Waals surface area contributed by atoms with Crippen LogP contribution in [-0.2, 0) is 22.6 Å². The molecule has 0 bridgehead atoms. The van der Waals surface area contributed by atoms with Crippen molar-refractivity contribution in [2.24, 2.45) is 0 Å². The Morgan fingerprint density at radius 1 is 0.846 bits per heavy atom. The van der Waals surface area contributed by atoms with Crippen LogP contribution in [0.2, 0.25) is 0 Å². The van der Waals surface area contributed by atoms with Crippen molar-refractivity contribution < 1.29 is 42.9 Å². The second kappa shape index (κ2) is 13.4. The van der Waals surface area contributed by atoms with E-state index in [0.717, 1.165) is 18.2 Å². The van der Waals surface area contributed by atoms with Gasteiger partial charge < -0.3 is 24.6 Å². The van der Waals surface area contributed by atoms with E-state index in [-0.39, 0.29) is 61.7 Å². The SMILES string of the molecule is CN(C)C(=O)c1cc(OCc2cccc(OCCCC(=O)O)c2CCC(=O)O)cc(-c2cc(F)cc(F)c2)c1. The molecule has 0 aliphatic carbocycles. The molecule has 0 spiro atoms. The van der Waals surface area contributed by atoms with Gasteiger partial charge in [-0.25, -0.2) is 8.78 Å². The number of carboxylic acids is 2. The summed E-state index contributed by atoms with van der Waals surface area (Å²) >= 11 is 0. The Hall–Kier alpha value is -4.47. The van der Waals surface area contributed by atoms with Crippen molar-refractivity contribution in [1.82, 2.24) is 4.90 Å². The number of nitrogens with zero attached hydrogens (tertiary/aromatic N) is 1. The summed E-state index contributed by atoms with van der Waals surface area (Å²) in [6.45, 7) is 0.122. The van der Waals surface area contributed by atoms with Crippen molar-refractivity contribution in [2.45, 2.75) is 32.3 Å². The lowest BCUT2D eigenvalue weighted by Gasteiger charge is -2.17. The summed E-state index contributed by atoms with van der Waals surface area (Å²) in [6.07, 6.45) is 0.206. The van der Waals surface area contributed by atoms with E-state index < -0.39 is 23.6 Å². The standard InChI is InChI=1S/C29H29F2NO7/c1-32(2)29(37)21-11-19(20-12-22(30)16-23(31)13-20)14-24(15-21)39-17-18-5-3-6-26(25(18)8-9-28(35)36)38-10-4-7-27(33)34/h3,5-6,11-16H,4,7-10,17H2,1-2H3,(H,33,34)(H,35,36). The maximum Gasteiger partial charge on any atom is 0.303 e. The third-order valence-corrected chi connectivity index (χ3v) is 5.76. The van der Waals surface area contributed by atoms with Crippen LogP contribution in [-0.4, -0.2) is 53.7 Å². The summed E-state index contributed by atoms with van der Waals surface area (Å²) in [5.74, 6) is -3.11. The van der Waals surface area contributed by atoms with E-state index in [0.29, 0.717) is 22.4 Å². The molecule has 2 N–H and O–H groups in total. The molecule has 3 aromatic rings. The topological polar surface area (TPSA) is 113 Å². The molecule has 0 unspecified atom stereocenters. The smallest absolute Gasteiger partial charge is 0.303 e. The summed E-state index contributed by atoms with van der Waals surface area (Å²) < 4.78 is 39.6. The minimum absolute atomic E-state index is 0.0160. The van der Waals surface area contributed by atoms with Crippen LogP contribution in [0.5, 0.6) is 11.5 Å². The Morgan fingerprint density at radius 3 is 2.15 bits per heavy atom. The highest BCUT2D eigenvalue weighted by atomic mass is 19.1. The highest BCUT2D eigenvalue weighted by Gasteiger charge is 2.16. The maximum absolute atomic E-state index is 13.9. The van der Waals surface area contributed by atoms with Gasteiger partial charge in [0.05, 0.1) is 6.61 Å². The second-order valence-electron chi connectivity index (χ2n) is 9.03. The van der Waals surface area contributed by atoms with E-state index in [1.165, 1.54) is 17.0 Å². The van der Waals surface area contributed by atoms with Crippen LogP contribution in [0, 0.1) is 11.6 Å². The van der Waals surface area contributed by atoms with Crippen LogP contribution in [0.1, 0.15) is 40.7 Å². The number of amides is 1. The van der Waals surface area contributed by atoms with Crippen LogP contribution >= 0.6 is 0 Å². The van der Waals surface area contributed by atoms with Gasteiger partial charge in [-0.05, 0) is 65.9 Å². The van der Waals surface area contributed by atoms with Crippen molar-refractivity contribution in [3.8, 4) is 22.6 Å². The zero-order valence-corrected chi connectivity index (χ0v) is 21.6. The summed E-state index contributed by atoms with van der Waals surface area (Å²) in [5.41, 5.74) is 2.08. The Labute approximate surface area is 224 Å². The Kier molecular flexibility index (Phi) is 9.97. The quantitative estimate of drug-likeness (QED) is 0.287. The Bertz CT molecular complexity index is 1340. The van der Waals surface area contributed by atoms with Gasteiger partial charge in [0.1, 0.15) is 29.7 Å². The van der Waals surface area contributed by atoms with Crippen molar-refractivity contribution in [3.63, 3.8) is 0 Å². The highest BCUT2D eigenvalue weighted by molar-refractivity contribution is 5.95. The minimum Gasteiger partial charge on any atom is -0.493 e. The lowest BCUT2D eigenvalue weighted by atomic mass is 10.0. The van der Waals surface area contributed by atoms with Crippen LogP contribution in [0.25, 0.3) is 11.1 Å². The number of aliphatic carboxylic acids is 2. The molecule has 8 nitrogen and oxygen atoms in total. The number of halogens is 2. The number of carboxylic acid groups (broad SMARTS) is 2. The predicted octanol–water partition coefficient (Wildman–Crippen LogP) is 5.17. The van der Waals surface area contributed by atoms with Crippen molar-refractivity contribution >= 4 is 17.8 Å². The van der Waals surface area contributed by atoms with Gasteiger partial charge in [-0.3, -0.25) is 14.4 Å². The van der Waals surface area contributed by atoms with E-state index in [1.54, 1.807) is 38.4 Å². The fourth-order valence-electron chi connectivity index (χ4n) is 3.92. The molecule has 0 aliphatic heterocycles. The van der Waals surface area contributed by atoms with Gasteiger partial charge in [0, 0.05) is 44.1 Å². The summed E-state index contributed by atoms with van der Waals surface area (Å²) in [5, 5.41) is 18.1. The molecule has 10 heteroatoms. The van der Waals surface area contributed by atoms with Crippen LogP contribution in [0.4, 0.5) is 8.78 Å². The lowest BCUT2D eigenvalue weighted by molar-refractivity contribution is -0.138. The van der Waals surface area contributed by atoms with Gasteiger partial charge in [0.2, 0.25) is 0 Å². The van der Waals surface area contributed by atoms with E-state index >= 15 is 0 Å². The lowest BCUT2D eigenvalue weighted by Crippen LogP contribution is -2.21. The van der Waals surface area contributed by atoms with E-state index in [9.17, 15) is 28.3 Å². The van der Waals surface area contributed by atoms with Gasteiger partial charge in [-0.15, -0.1) is 0 Å². The third kappa shape index (κ3) is 8.53. The first-order valence-corrected chi connectivity index (χ1v) is 12.2. The van der Waals surface area contributed by atoms with Gasteiger partial charge in [0.25, 0.3) is 5.91 Å². The summed E-state index contributed by atoms with van der Waals surface area (Å²) in [7, 11) is 3.15. The van der Waals surface area contributed by atoms with Crippen molar-refractivity contribution in [1.29, 1.82) is 0 Å². The summed E-state index contributed by atoms with van der Waals surface area (Å²) in [6, 6.07) is 12.8. The van der Waals surface area contributed by atoms with E-state index in [4.69, 9.17) is 14.6 Å². The molecule has 0 heterocycles. The molecule has 3 aromatic carbocycles. The molecule has 0 radical (unpaired) electrons. The van der Waals surface area contributed by atoms with Gasteiger partial charge >= 0.3 is 11.9 Å². The fraction of sp³-hybridized carbons (Fsp3) is 0.276. The Balaban J connectivity index is 1.92. The molecule has 206 valence electrons. The average Bonchev–Trinajstić information content (AvgIpc) is 2.87. The first-order valence-electron chi connectivity index (χ1n) is 12.2. The highest BCUT2D eigenvalue weighted by Crippen LogP contribution is 2.30. The van der Waals surface area contributed by atoms with Gasteiger partial charge in [0.15, 0.2) is 0 Å². The molecular weight excluding hydrogens is 512 g/mol. The third-order valence-electron chi connectivity index (χ3n) is 5.76. The van der Waals surface area contributed by atoms with Crippen LogP contribution in [0.15, 0.2) is 54.6 Å². The monoisotopic (exact) mass is 541 g/mol. The number of hydrogen-bond acceptors (Lipinski definition) is 5. The largest absolute Gasteiger partial charge is 0.493 e. The van der Waals surface area contributed by atoms with Crippen LogP contribution < -0.4 is 9.47 Å². The first-order chi connectivity index (χ1) is 18.5. The molecular formula is C29H29F2NO7. The second-order valence-corrected chi connectivity index (χ2v) is 9.03. The zero-order valence-electron chi connectivity index (χ0n) is 21.6. The fourth-order valence-corrected chi connectivity index (χ4v) is 3.92. The molecule has 0 atom stereocenters. The Morgan fingerprint density at radius 2 is 1.51 bits per heavy atom. The molecule has 0 aromatic heterocycles. The molecule has 39 heavy (non-hydrogen) atoms. The molecule has 0 fully saturated rings. The number of carbonyl (C=O) groups is 3. The number of ether oxygens (including phenoxy) is 2. The van der Waals surface area contributed by atoms with Crippen molar-refractivity contribution in [3.05, 3.63) is 82.9 Å². The zero-order chi connectivity index (χ0) is 28.5. The summed E-state index contributed by atoms with van der Waals surface area (Å²) in [4.78, 5) is 36.1. The van der Waals surface area contributed by atoms with Crippen molar-refractivity contribution in [2.75, 3.05) is 20.7 Å². The molecule has 1 amide bonds. The number of carbonyl (C=O) groups excluding carboxylic acids is 1.